The molecule has 28 heteroatoms. The van der Waals surface area contributed by atoms with E-state index in [9.17, 15) is 22.1 Å². The Morgan fingerprint density at radius 3 is 1.80 bits per heavy atom. The number of ether oxygens (including phenoxy) is 2. The average molecular weight is 2320 g/mol. The summed E-state index contributed by atoms with van der Waals surface area (Å²) in [5, 5.41) is 11.2. The third-order valence-corrected chi connectivity index (χ3v) is 33.5. The van der Waals surface area contributed by atoms with E-state index >= 15 is 0 Å². The minimum Gasteiger partial charge on any atom is -1.00 e. The molecule has 0 N–H and O–H groups in total. The Hall–Kier alpha value is -8.99. The number of hydrogen-bond donors (Lipinski definition) is 0. The van der Waals surface area contributed by atoms with Gasteiger partial charge in [-0.25, -0.2) is 9.55 Å². The molecule has 0 unspecified atom stereocenters. The topological polar surface area (TPSA) is 89.8 Å². The van der Waals surface area contributed by atoms with Gasteiger partial charge in [-0.3, -0.25) is 4.79 Å². The number of aryl methyl sites for hydroxylation is 4. The molecule has 0 fully saturated rings. The number of para-hydroxylation sites is 6. The Kier molecular flexibility index (Phi) is 33.8. The summed E-state index contributed by atoms with van der Waals surface area (Å²) in [6.45, 7) is 17.8. The summed E-state index contributed by atoms with van der Waals surface area (Å²) in [7, 11) is -1.63. The number of nitrogens with zero attached hydrogens (tertiary/aromatic N) is 10. The molecule has 0 spiro atoms. The number of thiazole rings is 3. The molecule has 10 heterocycles. The molecule has 0 saturated carbocycles. The van der Waals surface area contributed by atoms with Crippen molar-refractivity contribution in [1.29, 1.82) is 0 Å². The molecular formula is C100H90BBrF4I2N10O3S5Te2. The predicted octanol–water partition coefficient (Wildman–Crippen LogP) is 14.2. The van der Waals surface area contributed by atoms with Crippen molar-refractivity contribution in [3.8, 4) is 16.9 Å². The largest absolute Gasteiger partial charge is 1.00 e. The SMILES string of the molecule is CCN1/C(=C/C=C/c2sc3cc4ccccc4nc3[n+]2CC)Sc2cc3ccccc3nc21.CCN1C(=CC=Cc2[te]c3ccccc3[n+]2C)Sc2ccccc21.CC[n+]1c(/C=C/C=C2\[Te]c3ccccc3N2C)sc2ccc3ccccc3c21.CC[n+]1c(C=CC=C2Oc3ccc(-c4ccccc4)cc3N2CCOC(C)=O)sc2ccccc21.F[B-](F)(F)F.[Br-].[I-].[I-]. The molecule has 652 valence electrons. The summed E-state index contributed by atoms with van der Waals surface area (Å²) in [4.78, 5) is 32.9. The quantitative estimate of drug-likeness (QED) is 0.0287. The maximum absolute atomic E-state index is 11.3. The van der Waals surface area contributed by atoms with Crippen molar-refractivity contribution in [3.63, 3.8) is 0 Å². The van der Waals surface area contributed by atoms with E-state index in [1.54, 1.807) is 34.4 Å². The van der Waals surface area contributed by atoms with Gasteiger partial charge in [-0.05, 0) is 104 Å². The molecule has 16 aromatic rings. The summed E-state index contributed by atoms with van der Waals surface area (Å²) in [5.74, 6) is 2.26. The van der Waals surface area contributed by atoms with E-state index in [1.165, 1.54) is 120 Å². The third-order valence-electron chi connectivity index (χ3n) is 21.2. The van der Waals surface area contributed by atoms with Gasteiger partial charge in [-0.2, -0.15) is 4.57 Å². The molecule has 20 rings (SSSR count). The summed E-state index contributed by atoms with van der Waals surface area (Å²) >= 11 is 8.55. The van der Waals surface area contributed by atoms with Crippen LogP contribution in [0, 0.1) is 0 Å². The van der Waals surface area contributed by atoms with Gasteiger partial charge in [0.05, 0.1) is 34.2 Å². The molecule has 10 aromatic carbocycles. The van der Waals surface area contributed by atoms with Crippen molar-refractivity contribution in [2.75, 3.05) is 52.9 Å². The van der Waals surface area contributed by atoms with E-state index in [1.807, 2.05) is 71.6 Å². The van der Waals surface area contributed by atoms with E-state index in [2.05, 4.69) is 354 Å². The van der Waals surface area contributed by atoms with Crippen LogP contribution in [0.3, 0.4) is 0 Å². The Labute approximate surface area is 828 Å². The van der Waals surface area contributed by atoms with Crippen molar-refractivity contribution >= 4 is 235 Å². The Bertz CT molecular complexity index is 7000. The van der Waals surface area contributed by atoms with Gasteiger partial charge in [0, 0.05) is 36.4 Å². The molecule has 0 saturated heterocycles. The molecule has 0 aliphatic carbocycles. The van der Waals surface area contributed by atoms with Crippen molar-refractivity contribution < 1.29 is 115 Å². The number of halogens is 7. The number of pyridine rings is 2. The number of carbonyl (C=O) groups is 1. The van der Waals surface area contributed by atoms with E-state index in [-0.39, 0.29) is 119 Å². The Morgan fingerprint density at radius 2 is 1.09 bits per heavy atom. The van der Waals surface area contributed by atoms with Gasteiger partial charge < -0.3 is 101 Å². The van der Waals surface area contributed by atoms with Crippen molar-refractivity contribution in [3.05, 3.63) is 330 Å². The second-order valence-electron chi connectivity index (χ2n) is 29.0. The van der Waals surface area contributed by atoms with Crippen LogP contribution in [-0.4, -0.2) is 97.8 Å². The van der Waals surface area contributed by atoms with Crippen LogP contribution in [0.25, 0.3) is 108 Å². The summed E-state index contributed by atoms with van der Waals surface area (Å²) in [6.07, 6.45) is 26.3. The first-order chi connectivity index (χ1) is 60.9. The standard InChI is InChI=1S/C29H27N2O3S.C27H23N4S2.C24H21N2STe.C20H19N2STe.BF4.BrH.2HI/c1-3-30-24-12-7-8-13-27(24)35-29(30)15-9-14-28-31(18-19-33-21(2)32)25-20-23(16-17-26(25)34-28)22-10-5-4-6-11-22;1-3-30-24(32-22-16-18-10-5-7-12-20(18)28-26(22)30)14-9-15-25-31(4-2)27-23(33-25)17-19-11-6-8-13-21(19)29-27;1-3-26-22(27-20-16-15-17-9-4-5-10-18(17)24(20)26)13-8-14-23-25(2)19-11-6-7-12-21(19)28-23;1-3-22-15-9-4-6-11-17(15)23-19(22)13-8-14-20-21(2)16-10-5-7-12-18(16)24-20;2-1(3,4)5;;;/h4-17,20H,3,18-19H2,1-2H3;5-17H,3-4H2,1-2H3;4-16H,3H2,1-2H3;4-14H,3H2,1-2H3;;3*1H/q4*+1;-1;;;/p-3. The fraction of sp³-hybridized carbons (Fsp3) is 0.150. The fourth-order valence-corrected chi connectivity index (χ4v) is 27.1. The molecule has 4 aliphatic heterocycles. The van der Waals surface area contributed by atoms with Gasteiger partial charge in [0.15, 0.2) is 16.3 Å². The normalized spacial score (nSPS) is 14.5. The number of benzene rings is 10. The van der Waals surface area contributed by atoms with Gasteiger partial charge in [-0.1, -0.05) is 125 Å². The van der Waals surface area contributed by atoms with Crippen LogP contribution in [0.15, 0.2) is 321 Å². The van der Waals surface area contributed by atoms with E-state index in [0.29, 0.717) is 12.4 Å². The number of carbonyl (C=O) groups excluding carboxylic acids is 1. The molecule has 0 amide bonds. The molecule has 13 nitrogen and oxygen atoms in total. The van der Waals surface area contributed by atoms with Gasteiger partial charge in [0.1, 0.15) is 28.4 Å². The van der Waals surface area contributed by atoms with E-state index in [4.69, 9.17) is 19.4 Å². The number of anilines is 4. The molecule has 0 atom stereocenters. The van der Waals surface area contributed by atoms with Crippen LogP contribution >= 0.6 is 57.5 Å². The zero-order chi connectivity index (χ0) is 86.7. The number of esters is 1. The van der Waals surface area contributed by atoms with E-state index in [0.717, 1.165) is 77.8 Å². The average Bonchev–Trinajstić information content (AvgIpc) is 1.62. The van der Waals surface area contributed by atoms with Crippen molar-refractivity contribution in [2.45, 2.75) is 71.0 Å². The number of aromatic nitrogens is 6. The van der Waals surface area contributed by atoms with Crippen molar-refractivity contribution in [2.24, 2.45) is 7.05 Å². The van der Waals surface area contributed by atoms with Crippen LogP contribution < -0.4 is 111 Å². The number of thioether (sulfide) groups is 2. The minimum absolute atomic E-state index is 0. The number of rotatable bonds is 17. The summed E-state index contributed by atoms with van der Waals surface area (Å²) in [5.41, 5.74) is 13.0. The Balaban J connectivity index is 0.000000143. The molecule has 128 heavy (non-hydrogen) atoms. The van der Waals surface area contributed by atoms with Gasteiger partial charge in [0.2, 0.25) is 11.4 Å². The first-order valence-corrected chi connectivity index (χ1v) is 50.1. The van der Waals surface area contributed by atoms with Crippen LogP contribution in [0.4, 0.5) is 40.1 Å². The minimum atomic E-state index is -6.00. The maximum atomic E-state index is 11.3. The maximum Gasteiger partial charge on any atom is 0.673 e. The predicted molar refractivity (Wildman–Crippen MR) is 519 cm³/mol. The second-order valence-corrected chi connectivity index (χ2v) is 40.4. The van der Waals surface area contributed by atoms with Gasteiger partial charge in [0.25, 0.3) is 5.01 Å². The smallest absolute Gasteiger partial charge is 0.673 e. The molecule has 0 bridgehead atoms. The fourth-order valence-electron chi connectivity index (χ4n) is 15.4. The van der Waals surface area contributed by atoms with E-state index < -0.39 is 7.25 Å². The molecule has 4 aliphatic rings. The van der Waals surface area contributed by atoms with Gasteiger partial charge >= 0.3 is 356 Å². The first-order valence-electron chi connectivity index (χ1n) is 41.4. The van der Waals surface area contributed by atoms with Crippen molar-refractivity contribution in [1.82, 2.24) is 9.97 Å². The van der Waals surface area contributed by atoms with Crippen LogP contribution in [-0.2, 0) is 36.2 Å². The zero-order valence-electron chi connectivity index (χ0n) is 71.2. The molecular weight excluding hydrogens is 2230 g/mol. The monoisotopic (exact) mass is 2320 g/mol. The van der Waals surface area contributed by atoms with Crippen LogP contribution in [0.2, 0.25) is 0 Å². The Morgan fingerprint density at radius 1 is 0.516 bits per heavy atom. The van der Waals surface area contributed by atoms with Gasteiger partial charge in [-0.15, -0.1) is 0 Å². The number of hydrogen-bond acceptors (Lipinski definition) is 14. The summed E-state index contributed by atoms with van der Waals surface area (Å²) < 4.78 is 69.7. The van der Waals surface area contributed by atoms with Crippen LogP contribution in [0.1, 0.15) is 60.3 Å². The first kappa shape index (κ1) is 96.6. The molecule has 0 radical (unpaired) electrons. The third kappa shape index (κ3) is 22.3. The zero-order valence-corrected chi connectivity index (χ0v) is 85.9. The second kappa shape index (κ2) is 44.8. The van der Waals surface area contributed by atoms with Crippen LogP contribution in [0.5, 0.6) is 5.75 Å². The molecule has 6 aromatic heterocycles. The number of fused-ring (bicyclic) bond motifs is 12. The summed E-state index contributed by atoms with van der Waals surface area (Å²) in [6, 6.07) is 85.5. The number of allylic oxidation sites excluding steroid dienone is 8.